The smallest absolute Gasteiger partial charge is 0.263 e. The van der Waals surface area contributed by atoms with Gasteiger partial charge in [-0.1, -0.05) is 24.3 Å². The molecule has 176 valence electrons. The number of ether oxygens (including phenoxy) is 2. The molecule has 0 N–H and O–H groups in total. The number of hydrogen-bond acceptors (Lipinski definition) is 6. The van der Waals surface area contributed by atoms with Gasteiger partial charge in [-0.05, 0) is 56.6 Å². The fourth-order valence-electron chi connectivity index (χ4n) is 5.86. The number of fused-ring (bicyclic) bond motifs is 2. The van der Waals surface area contributed by atoms with Crippen molar-refractivity contribution < 1.29 is 28.7 Å². The van der Waals surface area contributed by atoms with Gasteiger partial charge >= 0.3 is 0 Å². The molecule has 0 bridgehead atoms. The molecule has 5 aromatic carbocycles. The Labute approximate surface area is 203 Å². The van der Waals surface area contributed by atoms with E-state index in [1.807, 2.05) is 24.3 Å². The Kier molecular flexibility index (Phi) is 4.11. The van der Waals surface area contributed by atoms with Gasteiger partial charge in [0.1, 0.15) is 13.5 Å². The Bertz CT molecular complexity index is 1600. The summed E-state index contributed by atoms with van der Waals surface area (Å²) in [7, 11) is 2.88. The first-order chi connectivity index (χ1) is 17.5. The highest BCUT2D eigenvalue weighted by molar-refractivity contribution is 6.41. The average molecular weight is 478 g/mol. The number of benzene rings is 5. The fourth-order valence-corrected chi connectivity index (χ4v) is 5.86. The molecule has 2 aliphatic rings. The first-order valence-corrected chi connectivity index (χ1v) is 11.4. The number of nitrogens with zero attached hydrogens (tertiary/aromatic N) is 2. The van der Waals surface area contributed by atoms with Crippen molar-refractivity contribution in [2.45, 2.75) is 0 Å². The Balaban J connectivity index is 1.63. The van der Waals surface area contributed by atoms with Gasteiger partial charge in [-0.25, -0.2) is 0 Å². The Morgan fingerprint density at radius 1 is 0.472 bits per heavy atom. The summed E-state index contributed by atoms with van der Waals surface area (Å²) < 4.78 is 10.2. The third-order valence-corrected chi connectivity index (χ3v) is 7.32. The van der Waals surface area contributed by atoms with Crippen LogP contribution in [0.25, 0.3) is 43.1 Å². The van der Waals surface area contributed by atoms with Crippen LogP contribution in [0.5, 0.6) is 0 Å². The molecule has 0 aromatic heterocycles. The second-order valence-electron chi connectivity index (χ2n) is 9.05. The molecule has 0 unspecified atom stereocenters. The van der Waals surface area contributed by atoms with E-state index in [0.29, 0.717) is 33.0 Å². The predicted molar refractivity (Wildman–Crippen MR) is 132 cm³/mol. The van der Waals surface area contributed by atoms with E-state index in [2.05, 4.69) is 0 Å². The highest BCUT2D eigenvalue weighted by Gasteiger charge is 2.36. The van der Waals surface area contributed by atoms with Crippen LogP contribution in [0.15, 0.2) is 48.5 Å². The van der Waals surface area contributed by atoms with E-state index in [1.165, 1.54) is 14.2 Å². The second kappa shape index (κ2) is 7.07. The summed E-state index contributed by atoms with van der Waals surface area (Å²) in [5, 5.41) is 6.25. The van der Waals surface area contributed by atoms with E-state index < -0.39 is 23.6 Å². The number of rotatable bonds is 4. The minimum absolute atomic E-state index is 0.127. The van der Waals surface area contributed by atoms with Crippen LogP contribution in [-0.2, 0) is 9.47 Å². The van der Waals surface area contributed by atoms with Gasteiger partial charge in [-0.15, -0.1) is 0 Å². The lowest BCUT2D eigenvalue weighted by atomic mass is 9.82. The standard InChI is InChI=1S/C28H18N2O6/c1-35-11-29-25(31)17-7-3-13-15-5-9-19-24-20(28(34)30(12-36-2)27(19)33)10-6-16(22(15)24)14-4-8-18(26(29)32)23(17)21(13)14/h3-10H,11-12H2,1-2H3. The number of amides is 4. The van der Waals surface area contributed by atoms with Crippen molar-refractivity contribution in [3.05, 3.63) is 70.8 Å². The molecule has 0 saturated carbocycles. The van der Waals surface area contributed by atoms with E-state index in [9.17, 15) is 19.2 Å². The molecule has 8 nitrogen and oxygen atoms in total. The maximum Gasteiger partial charge on any atom is 0.263 e. The molecular formula is C28H18N2O6. The van der Waals surface area contributed by atoms with Crippen LogP contribution in [0, 0.1) is 0 Å². The second-order valence-corrected chi connectivity index (χ2v) is 9.05. The van der Waals surface area contributed by atoms with Crippen molar-refractivity contribution in [2.75, 3.05) is 27.7 Å². The van der Waals surface area contributed by atoms with Crippen molar-refractivity contribution in [3.8, 4) is 0 Å². The van der Waals surface area contributed by atoms with Crippen molar-refractivity contribution in [3.63, 3.8) is 0 Å². The number of carbonyl (C=O) groups excluding carboxylic acids is 4. The van der Waals surface area contributed by atoms with Crippen molar-refractivity contribution in [1.82, 2.24) is 9.80 Å². The Morgan fingerprint density at radius 2 is 0.750 bits per heavy atom. The molecule has 5 aromatic rings. The molecule has 0 radical (unpaired) electrons. The lowest BCUT2D eigenvalue weighted by Crippen LogP contribution is -2.41. The normalized spacial score (nSPS) is 15.5. The van der Waals surface area contributed by atoms with Gasteiger partial charge in [-0.3, -0.25) is 29.0 Å². The highest BCUT2D eigenvalue weighted by Crippen LogP contribution is 2.46. The van der Waals surface area contributed by atoms with E-state index in [1.54, 1.807) is 24.3 Å². The lowest BCUT2D eigenvalue weighted by Gasteiger charge is -2.29. The summed E-state index contributed by atoms with van der Waals surface area (Å²) in [5.41, 5.74) is 1.77. The molecule has 4 amide bonds. The van der Waals surface area contributed by atoms with Gasteiger partial charge in [0.25, 0.3) is 23.6 Å². The average Bonchev–Trinajstić information content (AvgIpc) is 2.89. The zero-order valence-electron chi connectivity index (χ0n) is 19.4. The molecule has 2 aliphatic heterocycles. The van der Waals surface area contributed by atoms with Gasteiger partial charge in [-0.2, -0.15) is 0 Å². The minimum Gasteiger partial charge on any atom is -0.364 e. The molecule has 2 heterocycles. The monoisotopic (exact) mass is 478 g/mol. The van der Waals surface area contributed by atoms with E-state index in [-0.39, 0.29) is 13.5 Å². The topological polar surface area (TPSA) is 93.2 Å². The van der Waals surface area contributed by atoms with Gasteiger partial charge in [0.15, 0.2) is 0 Å². The predicted octanol–water partition coefficient (Wildman–Crippen LogP) is 4.14. The van der Waals surface area contributed by atoms with Gasteiger partial charge in [0.2, 0.25) is 0 Å². The largest absolute Gasteiger partial charge is 0.364 e. The number of imide groups is 2. The van der Waals surface area contributed by atoms with E-state index in [0.717, 1.165) is 42.1 Å². The van der Waals surface area contributed by atoms with Crippen LogP contribution in [0.1, 0.15) is 41.4 Å². The number of methoxy groups -OCH3 is 2. The van der Waals surface area contributed by atoms with Crippen molar-refractivity contribution in [2.24, 2.45) is 0 Å². The fraction of sp³-hybridized carbons (Fsp3) is 0.143. The highest BCUT2D eigenvalue weighted by atomic mass is 16.5. The number of hydrogen-bond donors (Lipinski definition) is 0. The summed E-state index contributed by atoms with van der Waals surface area (Å²) in [6, 6.07) is 14.4. The molecular weight excluding hydrogens is 460 g/mol. The molecule has 8 heteroatoms. The van der Waals surface area contributed by atoms with Crippen LogP contribution in [0.4, 0.5) is 0 Å². The van der Waals surface area contributed by atoms with Crippen molar-refractivity contribution >= 4 is 66.7 Å². The zero-order chi connectivity index (χ0) is 24.9. The first kappa shape index (κ1) is 20.9. The first-order valence-electron chi connectivity index (χ1n) is 11.4. The summed E-state index contributed by atoms with van der Waals surface area (Å²) in [5.74, 6) is -1.60. The molecule has 7 rings (SSSR count). The SMILES string of the molecule is COCN1C(=O)c2ccc3c4ccc5c6c(ccc(c7ccc(c2c37)C1=O)c64)C(=O)N(COC)C5=O. The van der Waals surface area contributed by atoms with E-state index >= 15 is 0 Å². The van der Waals surface area contributed by atoms with Crippen molar-refractivity contribution in [1.29, 1.82) is 0 Å². The van der Waals surface area contributed by atoms with Gasteiger partial charge < -0.3 is 9.47 Å². The Morgan fingerprint density at radius 3 is 1.00 bits per heavy atom. The molecule has 0 aliphatic carbocycles. The third kappa shape index (κ3) is 2.35. The van der Waals surface area contributed by atoms with Crippen LogP contribution >= 0.6 is 0 Å². The lowest BCUT2D eigenvalue weighted by molar-refractivity contribution is 0.0332. The van der Waals surface area contributed by atoms with Crippen LogP contribution < -0.4 is 0 Å². The maximum atomic E-state index is 13.2. The summed E-state index contributed by atoms with van der Waals surface area (Å²) in [4.78, 5) is 55.0. The maximum absolute atomic E-state index is 13.2. The summed E-state index contributed by atoms with van der Waals surface area (Å²) >= 11 is 0. The third-order valence-electron chi connectivity index (χ3n) is 7.32. The molecule has 0 fully saturated rings. The molecule has 0 atom stereocenters. The van der Waals surface area contributed by atoms with E-state index in [4.69, 9.17) is 9.47 Å². The Hall–Kier alpha value is -4.40. The quantitative estimate of drug-likeness (QED) is 0.219. The van der Waals surface area contributed by atoms with Crippen LogP contribution in [0.3, 0.4) is 0 Å². The molecule has 0 saturated heterocycles. The molecule has 36 heavy (non-hydrogen) atoms. The zero-order valence-corrected chi connectivity index (χ0v) is 19.4. The number of carbonyl (C=O) groups is 4. The summed E-state index contributed by atoms with van der Waals surface area (Å²) in [6.07, 6.45) is 0. The van der Waals surface area contributed by atoms with Crippen LogP contribution in [-0.4, -0.2) is 61.1 Å². The van der Waals surface area contributed by atoms with Gasteiger partial charge in [0.05, 0.1) is 0 Å². The van der Waals surface area contributed by atoms with Gasteiger partial charge in [0, 0.05) is 47.2 Å². The summed E-state index contributed by atoms with van der Waals surface area (Å²) in [6.45, 7) is -0.254. The minimum atomic E-state index is -0.400. The molecule has 0 spiro atoms. The van der Waals surface area contributed by atoms with Crippen LogP contribution in [0.2, 0.25) is 0 Å².